The lowest BCUT2D eigenvalue weighted by atomic mass is 9.87. The number of amidine groups is 1. The maximum absolute atomic E-state index is 7.57. The van der Waals surface area contributed by atoms with Crippen LogP contribution in [0.1, 0.15) is 52.9 Å². The topological polar surface area (TPSA) is 53.1 Å². The lowest BCUT2D eigenvalue weighted by Gasteiger charge is -2.31. The third-order valence-corrected chi connectivity index (χ3v) is 3.94. The second kappa shape index (κ2) is 5.67. The van der Waals surface area contributed by atoms with Crippen molar-refractivity contribution in [3.63, 3.8) is 0 Å². The minimum atomic E-state index is -0.147. The molecule has 0 saturated carbocycles. The normalized spacial score (nSPS) is 24.1. The zero-order chi connectivity index (χ0) is 12.2. The number of hydrogen-bond acceptors (Lipinski definition) is 2. The van der Waals surface area contributed by atoms with Crippen LogP contribution >= 0.6 is 0 Å². The van der Waals surface area contributed by atoms with Crippen molar-refractivity contribution in [2.75, 3.05) is 13.1 Å². The van der Waals surface area contributed by atoms with Crippen LogP contribution in [0.5, 0.6) is 0 Å². The van der Waals surface area contributed by atoms with E-state index in [1.54, 1.807) is 0 Å². The summed E-state index contributed by atoms with van der Waals surface area (Å²) in [6.45, 7) is 8.75. The quantitative estimate of drug-likeness (QED) is 0.571. The number of nitrogens with one attached hydrogen (secondary N) is 1. The van der Waals surface area contributed by atoms with Crippen LogP contribution < -0.4 is 5.73 Å². The SMILES string of the molecule is CC1CCCCCN1CCC(C)(C)C(=N)N. The molecule has 0 aliphatic carbocycles. The van der Waals surface area contributed by atoms with Crippen LogP contribution in [-0.2, 0) is 0 Å². The van der Waals surface area contributed by atoms with Crippen LogP contribution in [-0.4, -0.2) is 29.9 Å². The molecule has 0 spiro atoms. The molecule has 1 aliphatic rings. The molecule has 1 unspecified atom stereocenters. The maximum Gasteiger partial charge on any atom is 0.0963 e. The van der Waals surface area contributed by atoms with Gasteiger partial charge in [-0.3, -0.25) is 5.41 Å². The van der Waals surface area contributed by atoms with Gasteiger partial charge in [0, 0.05) is 11.5 Å². The largest absolute Gasteiger partial charge is 0.387 e. The summed E-state index contributed by atoms with van der Waals surface area (Å²) in [6, 6.07) is 0.699. The third-order valence-electron chi connectivity index (χ3n) is 3.94. The molecule has 0 aromatic heterocycles. The molecule has 94 valence electrons. The van der Waals surface area contributed by atoms with Crippen molar-refractivity contribution in [2.45, 2.75) is 58.9 Å². The molecule has 1 saturated heterocycles. The zero-order valence-electron chi connectivity index (χ0n) is 11.1. The van der Waals surface area contributed by atoms with Gasteiger partial charge < -0.3 is 10.6 Å². The fourth-order valence-electron chi connectivity index (χ4n) is 2.22. The Labute approximate surface area is 99.9 Å². The minimum Gasteiger partial charge on any atom is -0.387 e. The molecular weight excluding hydrogens is 198 g/mol. The van der Waals surface area contributed by atoms with Gasteiger partial charge in [0.15, 0.2) is 0 Å². The van der Waals surface area contributed by atoms with E-state index in [2.05, 4.69) is 25.7 Å². The molecule has 0 aromatic carbocycles. The molecule has 1 fully saturated rings. The standard InChI is InChI=1S/C13H27N3/c1-11-7-5-4-6-9-16(11)10-8-13(2,3)12(14)15/h11H,4-10H2,1-3H3,(H3,14,15). The van der Waals surface area contributed by atoms with E-state index in [4.69, 9.17) is 11.1 Å². The van der Waals surface area contributed by atoms with E-state index in [1.165, 1.54) is 32.2 Å². The Balaban J connectivity index is 2.43. The first-order valence-electron chi connectivity index (χ1n) is 6.52. The van der Waals surface area contributed by atoms with E-state index in [9.17, 15) is 0 Å². The molecule has 1 atom stereocenters. The van der Waals surface area contributed by atoms with Gasteiger partial charge in [-0.1, -0.05) is 26.7 Å². The van der Waals surface area contributed by atoms with Crippen LogP contribution in [0, 0.1) is 10.8 Å². The van der Waals surface area contributed by atoms with Gasteiger partial charge in [-0.2, -0.15) is 0 Å². The molecule has 3 N–H and O–H groups in total. The van der Waals surface area contributed by atoms with Crippen LogP contribution in [0.3, 0.4) is 0 Å². The average Bonchev–Trinajstić information content (AvgIpc) is 2.40. The second-order valence-electron chi connectivity index (χ2n) is 5.78. The number of nitrogens with two attached hydrogens (primary N) is 1. The van der Waals surface area contributed by atoms with Gasteiger partial charge in [0.1, 0.15) is 0 Å². The fraction of sp³-hybridized carbons (Fsp3) is 0.923. The van der Waals surface area contributed by atoms with Crippen molar-refractivity contribution in [1.29, 1.82) is 5.41 Å². The minimum absolute atomic E-state index is 0.147. The van der Waals surface area contributed by atoms with Crippen LogP contribution in [0.2, 0.25) is 0 Å². The van der Waals surface area contributed by atoms with Crippen molar-refractivity contribution in [1.82, 2.24) is 4.90 Å². The van der Waals surface area contributed by atoms with Gasteiger partial charge >= 0.3 is 0 Å². The van der Waals surface area contributed by atoms with Gasteiger partial charge in [0.05, 0.1) is 5.84 Å². The Bertz CT molecular complexity index is 235. The lowest BCUT2D eigenvalue weighted by molar-refractivity contribution is 0.194. The molecule has 1 heterocycles. The summed E-state index contributed by atoms with van der Waals surface area (Å²) in [4.78, 5) is 2.57. The number of rotatable bonds is 4. The predicted molar refractivity (Wildman–Crippen MR) is 69.8 cm³/mol. The highest BCUT2D eigenvalue weighted by Crippen LogP contribution is 2.23. The third kappa shape index (κ3) is 3.78. The molecule has 0 amide bonds. The summed E-state index contributed by atoms with van der Waals surface area (Å²) < 4.78 is 0. The van der Waals surface area contributed by atoms with Gasteiger partial charge in [0.25, 0.3) is 0 Å². The summed E-state index contributed by atoms with van der Waals surface area (Å²) in [5.41, 5.74) is 5.47. The summed E-state index contributed by atoms with van der Waals surface area (Å²) in [5.74, 6) is 0.315. The Morgan fingerprint density at radius 1 is 1.38 bits per heavy atom. The maximum atomic E-state index is 7.57. The van der Waals surface area contributed by atoms with Gasteiger partial charge in [-0.15, -0.1) is 0 Å². The highest BCUT2D eigenvalue weighted by molar-refractivity contribution is 5.82. The van der Waals surface area contributed by atoms with E-state index < -0.39 is 0 Å². The van der Waals surface area contributed by atoms with Gasteiger partial charge in [-0.05, 0) is 39.3 Å². The van der Waals surface area contributed by atoms with Crippen LogP contribution in [0.4, 0.5) is 0 Å². The van der Waals surface area contributed by atoms with Crippen molar-refractivity contribution in [2.24, 2.45) is 11.1 Å². The Morgan fingerprint density at radius 3 is 2.69 bits per heavy atom. The molecule has 1 rings (SSSR count). The van der Waals surface area contributed by atoms with E-state index in [-0.39, 0.29) is 5.41 Å². The summed E-state index contributed by atoms with van der Waals surface area (Å²) in [6.07, 6.45) is 6.38. The molecule has 0 bridgehead atoms. The first-order valence-corrected chi connectivity index (χ1v) is 6.52. The lowest BCUT2D eigenvalue weighted by Crippen LogP contribution is -2.39. The van der Waals surface area contributed by atoms with Crippen molar-refractivity contribution in [3.8, 4) is 0 Å². The highest BCUT2D eigenvalue weighted by atomic mass is 15.1. The molecular formula is C13H27N3. The van der Waals surface area contributed by atoms with Crippen LogP contribution in [0.25, 0.3) is 0 Å². The number of likely N-dealkylation sites (tertiary alicyclic amines) is 1. The number of nitrogens with zero attached hydrogens (tertiary/aromatic N) is 1. The van der Waals surface area contributed by atoms with E-state index in [0.29, 0.717) is 11.9 Å². The Kier molecular flexibility index (Phi) is 4.78. The van der Waals surface area contributed by atoms with Crippen LogP contribution in [0.15, 0.2) is 0 Å². The smallest absolute Gasteiger partial charge is 0.0963 e. The van der Waals surface area contributed by atoms with E-state index in [1.807, 2.05) is 0 Å². The molecule has 3 heteroatoms. The molecule has 3 nitrogen and oxygen atoms in total. The predicted octanol–water partition coefficient (Wildman–Crippen LogP) is 2.60. The highest BCUT2D eigenvalue weighted by Gasteiger charge is 2.24. The summed E-state index contributed by atoms with van der Waals surface area (Å²) in [7, 11) is 0. The Hall–Kier alpha value is -0.570. The molecule has 1 aliphatic heterocycles. The van der Waals surface area contributed by atoms with Crippen molar-refractivity contribution < 1.29 is 0 Å². The first kappa shape index (κ1) is 13.5. The van der Waals surface area contributed by atoms with E-state index >= 15 is 0 Å². The molecule has 0 radical (unpaired) electrons. The average molecular weight is 225 g/mol. The summed E-state index contributed by atoms with van der Waals surface area (Å²) in [5, 5.41) is 7.57. The molecule has 0 aromatic rings. The first-order chi connectivity index (χ1) is 7.43. The van der Waals surface area contributed by atoms with Crippen molar-refractivity contribution in [3.05, 3.63) is 0 Å². The fourth-order valence-corrected chi connectivity index (χ4v) is 2.22. The zero-order valence-corrected chi connectivity index (χ0v) is 11.1. The van der Waals surface area contributed by atoms with E-state index in [0.717, 1.165) is 13.0 Å². The van der Waals surface area contributed by atoms with Gasteiger partial charge in [-0.25, -0.2) is 0 Å². The number of hydrogen-bond donors (Lipinski definition) is 2. The Morgan fingerprint density at radius 2 is 2.06 bits per heavy atom. The monoisotopic (exact) mass is 225 g/mol. The van der Waals surface area contributed by atoms with Gasteiger partial charge in [0.2, 0.25) is 0 Å². The van der Waals surface area contributed by atoms with Crippen molar-refractivity contribution >= 4 is 5.84 Å². The molecule has 16 heavy (non-hydrogen) atoms. The second-order valence-corrected chi connectivity index (χ2v) is 5.78. The summed E-state index contributed by atoms with van der Waals surface area (Å²) >= 11 is 0.